The summed E-state index contributed by atoms with van der Waals surface area (Å²) < 4.78 is 0. The van der Waals surface area contributed by atoms with Crippen LogP contribution in [0.5, 0.6) is 0 Å². The highest BCUT2D eigenvalue weighted by Gasteiger charge is 2.39. The van der Waals surface area contributed by atoms with Crippen molar-refractivity contribution in [1.82, 2.24) is 0 Å². The molecule has 1 heteroatoms. The number of ketones is 1. The molecule has 4 aliphatic carbocycles. The SMILES string of the molecule is Cc1ccc(C2=CC(C3=CCCC=C3)C=C2C2CC(C3=CC=CC3)=CC2C(=O)Cc2ccccc2)cc1. The predicted molar refractivity (Wildman–Crippen MR) is 154 cm³/mol. The molecule has 2 aromatic rings. The number of hydrogen-bond acceptors (Lipinski definition) is 1. The van der Waals surface area contributed by atoms with Crippen LogP contribution < -0.4 is 0 Å². The first-order valence-corrected chi connectivity index (χ1v) is 13.7. The lowest BCUT2D eigenvalue weighted by Gasteiger charge is -2.23. The third-order valence-electron chi connectivity index (χ3n) is 8.22. The zero-order valence-corrected chi connectivity index (χ0v) is 21.6. The van der Waals surface area contributed by atoms with Crippen molar-refractivity contribution in [3.8, 4) is 0 Å². The monoisotopic (exact) mass is 482 g/mol. The van der Waals surface area contributed by atoms with Gasteiger partial charge in [0.15, 0.2) is 0 Å². The molecule has 0 N–H and O–H groups in total. The molecule has 0 spiro atoms. The summed E-state index contributed by atoms with van der Waals surface area (Å²) in [7, 11) is 0. The van der Waals surface area contributed by atoms with Crippen LogP contribution in [0.3, 0.4) is 0 Å². The lowest BCUT2D eigenvalue weighted by Crippen LogP contribution is -2.22. The number of allylic oxidation sites excluding steroid dienone is 14. The quantitative estimate of drug-likeness (QED) is 0.387. The van der Waals surface area contributed by atoms with Crippen LogP contribution in [-0.2, 0) is 11.2 Å². The van der Waals surface area contributed by atoms with Crippen molar-refractivity contribution in [2.24, 2.45) is 17.8 Å². The van der Waals surface area contributed by atoms with Crippen LogP contribution in [0.25, 0.3) is 5.57 Å². The minimum atomic E-state index is -0.105. The summed E-state index contributed by atoms with van der Waals surface area (Å²) in [6.45, 7) is 2.14. The highest BCUT2D eigenvalue weighted by Crippen LogP contribution is 2.49. The number of rotatable bonds is 7. The average molecular weight is 483 g/mol. The third kappa shape index (κ3) is 4.96. The van der Waals surface area contributed by atoms with Gasteiger partial charge in [-0.15, -0.1) is 0 Å². The normalized spacial score (nSPS) is 24.5. The maximum Gasteiger partial charge on any atom is 0.144 e. The predicted octanol–water partition coefficient (Wildman–Crippen LogP) is 8.47. The van der Waals surface area contributed by atoms with Gasteiger partial charge >= 0.3 is 0 Å². The van der Waals surface area contributed by atoms with Crippen LogP contribution in [-0.4, -0.2) is 5.78 Å². The summed E-state index contributed by atoms with van der Waals surface area (Å²) in [5, 5.41) is 0. The molecule has 0 saturated heterocycles. The van der Waals surface area contributed by atoms with E-state index >= 15 is 0 Å². The molecule has 2 aromatic carbocycles. The molecule has 1 nitrogen and oxygen atoms in total. The van der Waals surface area contributed by atoms with Crippen molar-refractivity contribution in [1.29, 1.82) is 0 Å². The molecule has 184 valence electrons. The van der Waals surface area contributed by atoms with Gasteiger partial charge in [0.05, 0.1) is 0 Å². The van der Waals surface area contributed by atoms with Crippen LogP contribution in [0.15, 0.2) is 132 Å². The fraction of sp³-hybridized carbons (Fsp3) is 0.250. The number of hydrogen-bond donors (Lipinski definition) is 0. The van der Waals surface area contributed by atoms with Crippen LogP contribution in [0, 0.1) is 24.7 Å². The highest BCUT2D eigenvalue weighted by molar-refractivity contribution is 5.90. The molecule has 0 radical (unpaired) electrons. The Balaban J connectivity index is 1.38. The van der Waals surface area contributed by atoms with Crippen LogP contribution in [0.2, 0.25) is 0 Å². The largest absolute Gasteiger partial charge is 0.299 e. The maximum absolute atomic E-state index is 13.9. The summed E-state index contributed by atoms with van der Waals surface area (Å²) in [5.74, 6) is 0.649. The van der Waals surface area contributed by atoms with Gasteiger partial charge in [0.1, 0.15) is 5.78 Å². The van der Waals surface area contributed by atoms with E-state index < -0.39 is 0 Å². The van der Waals surface area contributed by atoms with E-state index in [1.54, 1.807) is 0 Å². The average Bonchev–Trinajstić information content (AvgIpc) is 3.70. The van der Waals surface area contributed by atoms with Gasteiger partial charge in [-0.2, -0.15) is 0 Å². The molecule has 0 fully saturated rings. The van der Waals surface area contributed by atoms with Crippen molar-refractivity contribution < 1.29 is 4.79 Å². The molecular formula is C36H34O. The first kappa shape index (κ1) is 23.7. The van der Waals surface area contributed by atoms with Crippen molar-refractivity contribution in [2.75, 3.05) is 0 Å². The minimum Gasteiger partial charge on any atom is -0.299 e. The summed E-state index contributed by atoms with van der Waals surface area (Å²) in [5.41, 5.74) is 10.4. The number of benzene rings is 2. The Bertz CT molecular complexity index is 1400. The van der Waals surface area contributed by atoms with E-state index in [2.05, 4.69) is 98.0 Å². The van der Waals surface area contributed by atoms with Gasteiger partial charge < -0.3 is 0 Å². The van der Waals surface area contributed by atoms with Crippen molar-refractivity contribution in [3.63, 3.8) is 0 Å². The van der Waals surface area contributed by atoms with Gasteiger partial charge in [-0.05, 0) is 71.6 Å². The first-order valence-electron chi connectivity index (χ1n) is 13.7. The van der Waals surface area contributed by atoms with Crippen molar-refractivity contribution >= 4 is 11.4 Å². The van der Waals surface area contributed by atoms with E-state index in [1.807, 2.05) is 18.2 Å². The molecule has 0 bridgehead atoms. The number of Topliss-reactive ketones (excluding diaryl/α,β-unsaturated/α-hetero) is 1. The number of carbonyl (C=O) groups excluding carboxylic acids is 1. The maximum atomic E-state index is 13.9. The van der Waals surface area contributed by atoms with Gasteiger partial charge in [-0.3, -0.25) is 4.79 Å². The molecule has 0 amide bonds. The lowest BCUT2D eigenvalue weighted by molar-refractivity contribution is -0.121. The van der Waals surface area contributed by atoms with Crippen LogP contribution in [0.4, 0.5) is 0 Å². The van der Waals surface area contributed by atoms with Gasteiger partial charge in [0.2, 0.25) is 0 Å². The second-order valence-corrected chi connectivity index (χ2v) is 10.8. The highest BCUT2D eigenvalue weighted by atomic mass is 16.1. The summed E-state index contributed by atoms with van der Waals surface area (Å²) in [6.07, 6.45) is 25.4. The Morgan fingerprint density at radius 1 is 0.892 bits per heavy atom. The van der Waals surface area contributed by atoms with Crippen LogP contribution >= 0.6 is 0 Å². The summed E-state index contributed by atoms with van der Waals surface area (Å²) in [6, 6.07) is 19.1. The van der Waals surface area contributed by atoms with Crippen molar-refractivity contribution in [3.05, 3.63) is 148 Å². The van der Waals surface area contributed by atoms with Gasteiger partial charge in [0.25, 0.3) is 0 Å². The van der Waals surface area contributed by atoms with E-state index in [0.717, 1.165) is 31.2 Å². The molecule has 0 aliphatic heterocycles. The topological polar surface area (TPSA) is 17.1 Å². The fourth-order valence-electron chi connectivity index (χ4n) is 6.22. The minimum absolute atomic E-state index is 0.105. The Labute approximate surface area is 221 Å². The zero-order chi connectivity index (χ0) is 25.2. The summed E-state index contributed by atoms with van der Waals surface area (Å²) in [4.78, 5) is 13.9. The molecule has 37 heavy (non-hydrogen) atoms. The van der Waals surface area contributed by atoms with Crippen LogP contribution in [0.1, 0.15) is 42.4 Å². The smallest absolute Gasteiger partial charge is 0.144 e. The summed E-state index contributed by atoms with van der Waals surface area (Å²) >= 11 is 0. The molecular weight excluding hydrogens is 448 g/mol. The molecule has 0 saturated carbocycles. The van der Waals surface area contributed by atoms with E-state index in [1.165, 1.54) is 39.0 Å². The standard InChI is InChI=1S/C36H34O/c1-25-16-18-29(19-17-25)32-21-30(27-12-6-3-7-13-27)22-33(32)34-23-31(28-14-8-9-15-28)24-35(34)36(37)20-26-10-4-2-5-11-26/h2,4-6,8-14,16-19,21-22,24,30,34-35H,3,7,15,20,23H2,1H3. The molecule has 0 heterocycles. The van der Waals surface area contributed by atoms with E-state index in [0.29, 0.717) is 12.2 Å². The fourth-order valence-corrected chi connectivity index (χ4v) is 6.22. The Morgan fingerprint density at radius 3 is 2.46 bits per heavy atom. The lowest BCUT2D eigenvalue weighted by atomic mass is 9.79. The molecule has 4 aliphatic rings. The van der Waals surface area contributed by atoms with E-state index in [-0.39, 0.29) is 17.8 Å². The Hall–Kier alpha value is -3.71. The Kier molecular flexibility index (Phi) is 6.62. The number of aryl methyl sites for hydroxylation is 1. The van der Waals surface area contributed by atoms with E-state index in [9.17, 15) is 4.79 Å². The number of carbonyl (C=O) groups is 1. The van der Waals surface area contributed by atoms with Gasteiger partial charge in [0, 0.05) is 24.2 Å². The molecule has 6 rings (SSSR count). The molecule has 3 unspecified atom stereocenters. The van der Waals surface area contributed by atoms with Gasteiger partial charge in [-0.1, -0.05) is 115 Å². The molecule has 3 atom stereocenters. The zero-order valence-electron chi connectivity index (χ0n) is 21.6. The van der Waals surface area contributed by atoms with Crippen molar-refractivity contribution in [2.45, 2.75) is 39.0 Å². The van der Waals surface area contributed by atoms with Gasteiger partial charge in [-0.25, -0.2) is 0 Å². The second kappa shape index (κ2) is 10.3. The third-order valence-corrected chi connectivity index (χ3v) is 8.22. The molecule has 0 aromatic heterocycles. The first-order chi connectivity index (χ1) is 18.2. The second-order valence-electron chi connectivity index (χ2n) is 10.8. The van der Waals surface area contributed by atoms with E-state index in [4.69, 9.17) is 0 Å². The Morgan fingerprint density at radius 2 is 1.73 bits per heavy atom.